The van der Waals surface area contributed by atoms with Gasteiger partial charge in [-0.1, -0.05) is 5.92 Å². The third-order valence-electron chi connectivity index (χ3n) is 3.47. The van der Waals surface area contributed by atoms with Crippen molar-refractivity contribution < 1.29 is 23.1 Å². The molecular weight excluding hydrogens is 349 g/mol. The number of benzene rings is 1. The van der Waals surface area contributed by atoms with E-state index in [1.54, 1.807) is 13.1 Å². The summed E-state index contributed by atoms with van der Waals surface area (Å²) in [6, 6.07) is 4.07. The predicted octanol–water partition coefficient (Wildman–Crippen LogP) is 2.08. The molecular formula is C17H13F3N4O2. The number of nitriles is 1. The van der Waals surface area contributed by atoms with Crippen LogP contribution in [0.4, 0.5) is 18.9 Å². The quantitative estimate of drug-likeness (QED) is 0.815. The number of halogens is 3. The molecule has 2 N–H and O–H groups in total. The SMILES string of the molecule is C#CC(O)(Cn1cc(C)cn1)C(=O)Nc1ccc(C#N)c(C(F)(F)F)c1. The van der Waals surface area contributed by atoms with Crippen molar-refractivity contribution in [2.75, 3.05) is 5.32 Å². The van der Waals surface area contributed by atoms with Crippen LogP contribution in [-0.4, -0.2) is 26.4 Å². The van der Waals surface area contributed by atoms with Crippen LogP contribution in [0.1, 0.15) is 16.7 Å². The summed E-state index contributed by atoms with van der Waals surface area (Å²) in [4.78, 5) is 12.3. The Hall–Kier alpha value is -3.30. The number of alkyl halides is 3. The Kier molecular flexibility index (Phi) is 5.05. The van der Waals surface area contributed by atoms with Gasteiger partial charge >= 0.3 is 6.18 Å². The molecule has 0 aliphatic carbocycles. The van der Waals surface area contributed by atoms with Crippen LogP contribution in [-0.2, 0) is 17.5 Å². The Morgan fingerprint density at radius 1 is 1.46 bits per heavy atom. The molecule has 2 aromatic rings. The van der Waals surface area contributed by atoms with E-state index in [1.807, 2.05) is 5.92 Å². The van der Waals surface area contributed by atoms with Crippen molar-refractivity contribution in [2.24, 2.45) is 0 Å². The van der Waals surface area contributed by atoms with E-state index in [9.17, 15) is 23.1 Å². The fraction of sp³-hybridized carbons (Fsp3) is 0.235. The van der Waals surface area contributed by atoms with Gasteiger partial charge in [0.1, 0.15) is 0 Å². The summed E-state index contributed by atoms with van der Waals surface area (Å²) in [6.07, 6.45) is 3.49. The molecule has 0 aliphatic rings. The normalized spacial score (nSPS) is 13.3. The van der Waals surface area contributed by atoms with E-state index in [0.717, 1.165) is 17.7 Å². The van der Waals surface area contributed by atoms with Gasteiger partial charge in [0.25, 0.3) is 5.91 Å². The molecule has 1 atom stereocenters. The van der Waals surface area contributed by atoms with Crippen LogP contribution in [0, 0.1) is 30.6 Å². The predicted molar refractivity (Wildman–Crippen MR) is 85.5 cm³/mol. The highest BCUT2D eigenvalue weighted by atomic mass is 19.4. The second-order valence-corrected chi connectivity index (χ2v) is 5.54. The number of terminal acetylenes is 1. The highest BCUT2D eigenvalue weighted by Gasteiger charge is 2.37. The average Bonchev–Trinajstić information content (AvgIpc) is 2.98. The lowest BCUT2D eigenvalue weighted by molar-refractivity contribution is -0.137. The largest absolute Gasteiger partial charge is 0.417 e. The van der Waals surface area contributed by atoms with Crippen molar-refractivity contribution in [3.8, 4) is 18.4 Å². The first-order valence-electron chi connectivity index (χ1n) is 7.21. The molecule has 6 nitrogen and oxygen atoms in total. The molecule has 26 heavy (non-hydrogen) atoms. The van der Waals surface area contributed by atoms with Crippen molar-refractivity contribution in [3.63, 3.8) is 0 Å². The van der Waals surface area contributed by atoms with Gasteiger partial charge < -0.3 is 10.4 Å². The zero-order chi connectivity index (χ0) is 19.5. The summed E-state index contributed by atoms with van der Waals surface area (Å²) in [5.41, 5.74) is -3.61. The number of carbonyl (C=O) groups is 1. The standard InChI is InChI=1S/C17H13F3N4O2/c1-3-16(26,10-24-9-11(2)8-22-24)15(25)23-13-5-4-12(7-21)14(6-13)17(18,19)20/h1,4-6,8-9,26H,10H2,2H3,(H,23,25). The van der Waals surface area contributed by atoms with E-state index in [1.165, 1.54) is 16.9 Å². The van der Waals surface area contributed by atoms with Crippen molar-refractivity contribution in [1.82, 2.24) is 9.78 Å². The third-order valence-corrected chi connectivity index (χ3v) is 3.47. The number of nitrogens with zero attached hydrogens (tertiary/aromatic N) is 3. The van der Waals surface area contributed by atoms with E-state index in [4.69, 9.17) is 11.7 Å². The number of aryl methyl sites for hydroxylation is 1. The fourth-order valence-electron chi connectivity index (χ4n) is 2.16. The van der Waals surface area contributed by atoms with E-state index in [2.05, 4.69) is 10.4 Å². The minimum Gasteiger partial charge on any atom is -0.368 e. The molecule has 0 bridgehead atoms. The van der Waals surface area contributed by atoms with Gasteiger partial charge in [0.15, 0.2) is 0 Å². The van der Waals surface area contributed by atoms with Gasteiger partial charge in [-0.25, -0.2) is 0 Å². The molecule has 0 fully saturated rings. The second-order valence-electron chi connectivity index (χ2n) is 5.54. The molecule has 0 radical (unpaired) electrons. The van der Waals surface area contributed by atoms with Crippen LogP contribution >= 0.6 is 0 Å². The molecule has 2 rings (SSSR count). The molecule has 1 heterocycles. The first-order chi connectivity index (χ1) is 12.1. The van der Waals surface area contributed by atoms with Crippen LogP contribution in [0.2, 0.25) is 0 Å². The smallest absolute Gasteiger partial charge is 0.368 e. The Morgan fingerprint density at radius 2 is 2.15 bits per heavy atom. The maximum absolute atomic E-state index is 13.0. The van der Waals surface area contributed by atoms with Gasteiger partial charge in [0.2, 0.25) is 5.60 Å². The molecule has 1 unspecified atom stereocenters. The molecule has 0 saturated heterocycles. The van der Waals surface area contributed by atoms with Crippen LogP contribution in [0.5, 0.6) is 0 Å². The molecule has 134 valence electrons. The van der Waals surface area contributed by atoms with Crippen molar-refractivity contribution in [2.45, 2.75) is 25.2 Å². The highest BCUT2D eigenvalue weighted by molar-refractivity contribution is 5.99. The van der Waals surface area contributed by atoms with Crippen LogP contribution < -0.4 is 5.32 Å². The molecule has 9 heteroatoms. The van der Waals surface area contributed by atoms with Crippen molar-refractivity contribution in [1.29, 1.82) is 5.26 Å². The maximum Gasteiger partial charge on any atom is 0.417 e. The number of carbonyl (C=O) groups excluding carboxylic acids is 1. The van der Waals surface area contributed by atoms with Crippen LogP contribution in [0.3, 0.4) is 0 Å². The van der Waals surface area contributed by atoms with Crippen LogP contribution in [0.25, 0.3) is 0 Å². The number of nitrogens with one attached hydrogen (secondary N) is 1. The van der Waals surface area contributed by atoms with E-state index in [-0.39, 0.29) is 12.2 Å². The van der Waals surface area contributed by atoms with Gasteiger partial charge in [0.05, 0.1) is 29.9 Å². The van der Waals surface area contributed by atoms with Gasteiger partial charge in [0, 0.05) is 11.9 Å². The summed E-state index contributed by atoms with van der Waals surface area (Å²) < 4.78 is 40.2. The fourth-order valence-corrected chi connectivity index (χ4v) is 2.16. The molecule has 0 aliphatic heterocycles. The monoisotopic (exact) mass is 362 g/mol. The van der Waals surface area contributed by atoms with Crippen molar-refractivity contribution >= 4 is 11.6 Å². The van der Waals surface area contributed by atoms with Gasteiger partial charge in [-0.2, -0.15) is 23.5 Å². The first-order valence-corrected chi connectivity index (χ1v) is 7.21. The van der Waals surface area contributed by atoms with E-state index < -0.39 is 28.8 Å². The zero-order valence-electron chi connectivity index (χ0n) is 13.5. The topological polar surface area (TPSA) is 90.9 Å². The lowest BCUT2D eigenvalue weighted by atomic mass is 10.0. The van der Waals surface area contributed by atoms with Crippen LogP contribution in [0.15, 0.2) is 30.6 Å². The molecule has 0 spiro atoms. The maximum atomic E-state index is 13.0. The third kappa shape index (κ3) is 4.02. The summed E-state index contributed by atoms with van der Waals surface area (Å²) in [5.74, 6) is 0.840. The van der Waals surface area contributed by atoms with Gasteiger partial charge in [-0.15, -0.1) is 6.42 Å². The second kappa shape index (κ2) is 6.90. The lowest BCUT2D eigenvalue weighted by Crippen LogP contribution is -2.45. The molecule has 1 aromatic heterocycles. The minimum atomic E-state index is -4.78. The number of aliphatic hydroxyl groups is 1. The number of aromatic nitrogens is 2. The Bertz CT molecular complexity index is 921. The molecule has 1 aromatic carbocycles. The summed E-state index contributed by atoms with van der Waals surface area (Å²) in [7, 11) is 0. The number of hydrogen-bond donors (Lipinski definition) is 2. The lowest BCUT2D eigenvalue weighted by Gasteiger charge is -2.21. The molecule has 1 amide bonds. The Morgan fingerprint density at radius 3 is 2.65 bits per heavy atom. The number of hydrogen-bond acceptors (Lipinski definition) is 4. The first kappa shape index (κ1) is 19.0. The molecule has 0 saturated carbocycles. The number of anilines is 1. The van der Waals surface area contributed by atoms with E-state index in [0.29, 0.717) is 6.07 Å². The Balaban J connectivity index is 2.28. The number of amides is 1. The Labute approximate surface area is 146 Å². The van der Waals surface area contributed by atoms with E-state index >= 15 is 0 Å². The summed E-state index contributed by atoms with van der Waals surface area (Å²) in [6.45, 7) is 1.36. The highest BCUT2D eigenvalue weighted by Crippen LogP contribution is 2.33. The van der Waals surface area contributed by atoms with Crippen molar-refractivity contribution in [3.05, 3.63) is 47.3 Å². The zero-order valence-corrected chi connectivity index (χ0v) is 13.5. The number of rotatable bonds is 4. The summed E-state index contributed by atoms with van der Waals surface area (Å²) >= 11 is 0. The minimum absolute atomic E-state index is 0.258. The summed E-state index contributed by atoms with van der Waals surface area (Å²) in [5, 5.41) is 25.2. The average molecular weight is 362 g/mol. The van der Waals surface area contributed by atoms with Gasteiger partial charge in [-0.05, 0) is 30.7 Å². The van der Waals surface area contributed by atoms with Gasteiger partial charge in [-0.3, -0.25) is 9.48 Å².